The van der Waals surface area contributed by atoms with Gasteiger partial charge in [0.2, 0.25) is 17.7 Å². The molecule has 25 heavy (non-hydrogen) atoms. The first-order valence-corrected chi connectivity index (χ1v) is 8.92. The molecule has 3 aliphatic heterocycles. The molecule has 6 atom stereocenters. The first-order valence-electron chi connectivity index (χ1n) is 8.92. The number of imide groups is 1. The van der Waals surface area contributed by atoms with E-state index in [0.717, 1.165) is 24.2 Å². The average molecular weight is 352 g/mol. The maximum absolute atomic E-state index is 12.7. The van der Waals surface area contributed by atoms with Gasteiger partial charge in [-0.2, -0.15) is 0 Å². The molecule has 0 aromatic rings. The number of carbonyl (C=O) groups is 4. The Morgan fingerprint density at radius 3 is 2.28 bits per heavy atom. The first-order chi connectivity index (χ1) is 11.9. The number of carboxylic acid groups (broad SMARTS) is 1. The van der Waals surface area contributed by atoms with Crippen molar-refractivity contribution in [2.45, 2.75) is 70.2 Å². The van der Waals surface area contributed by atoms with Crippen molar-refractivity contribution in [1.82, 2.24) is 10.2 Å². The van der Waals surface area contributed by atoms with E-state index in [1.165, 1.54) is 6.92 Å². The van der Waals surface area contributed by atoms with Crippen molar-refractivity contribution in [3.63, 3.8) is 0 Å². The van der Waals surface area contributed by atoms with Gasteiger partial charge in [-0.3, -0.25) is 19.3 Å². The number of aliphatic carboxylic acids is 1. The summed E-state index contributed by atoms with van der Waals surface area (Å²) in [4.78, 5) is 50.1. The van der Waals surface area contributed by atoms with Gasteiger partial charge in [-0.25, -0.2) is 4.79 Å². The fraction of sp³-hybridized carbons (Fsp3) is 0.765. The van der Waals surface area contributed by atoms with E-state index in [1.807, 2.05) is 6.92 Å². The van der Waals surface area contributed by atoms with Gasteiger partial charge in [-0.1, -0.05) is 19.8 Å². The summed E-state index contributed by atoms with van der Waals surface area (Å²) >= 11 is 0. The van der Waals surface area contributed by atoms with Crippen molar-refractivity contribution in [3.05, 3.63) is 0 Å². The molecule has 8 heteroatoms. The number of hydrogen-bond acceptors (Lipinski definition) is 5. The molecular formula is C17H24N2O6. The quantitative estimate of drug-likeness (QED) is 0.637. The minimum atomic E-state index is -1.11. The standard InChI is InChI=1S/C17H24N2O6/c1-3-4-5-9(17(23)24)18-14(20)8(2)19-15(21)12-10-6-7-11(25-10)13(12)16(19)22/h8-13H,3-7H2,1-2H3,(H,18,20)(H,23,24)/t8?,9-,10?,11?,12?,13?/m0/s1. The smallest absolute Gasteiger partial charge is 0.326 e. The van der Waals surface area contributed by atoms with Crippen LogP contribution in [0.25, 0.3) is 0 Å². The number of likely N-dealkylation sites (tertiary alicyclic amines) is 1. The Balaban J connectivity index is 1.69. The van der Waals surface area contributed by atoms with Crippen molar-refractivity contribution in [2.24, 2.45) is 11.8 Å². The van der Waals surface area contributed by atoms with Gasteiger partial charge in [0.1, 0.15) is 12.1 Å². The zero-order chi connectivity index (χ0) is 18.3. The fourth-order valence-corrected chi connectivity index (χ4v) is 4.19. The van der Waals surface area contributed by atoms with Gasteiger partial charge >= 0.3 is 5.97 Å². The number of amides is 3. The lowest BCUT2D eigenvalue weighted by Gasteiger charge is -2.25. The average Bonchev–Trinajstić information content (AvgIpc) is 3.24. The second-order valence-corrected chi connectivity index (χ2v) is 7.11. The minimum Gasteiger partial charge on any atom is -0.480 e. The molecule has 5 unspecified atom stereocenters. The Kier molecular flexibility index (Phi) is 4.81. The van der Waals surface area contributed by atoms with Crippen molar-refractivity contribution in [2.75, 3.05) is 0 Å². The van der Waals surface area contributed by atoms with Gasteiger partial charge in [-0.05, 0) is 26.2 Å². The Bertz CT molecular complexity index is 578. The number of carbonyl (C=O) groups excluding carboxylic acids is 3. The van der Waals surface area contributed by atoms with E-state index in [2.05, 4.69) is 5.32 Å². The van der Waals surface area contributed by atoms with E-state index >= 15 is 0 Å². The maximum atomic E-state index is 12.7. The number of unbranched alkanes of at least 4 members (excludes halogenated alkanes) is 1. The Hall–Kier alpha value is -1.96. The van der Waals surface area contributed by atoms with E-state index in [-0.39, 0.29) is 24.0 Å². The molecule has 0 aromatic carbocycles. The fourth-order valence-electron chi connectivity index (χ4n) is 4.19. The van der Waals surface area contributed by atoms with Crippen LogP contribution in [0.4, 0.5) is 0 Å². The van der Waals surface area contributed by atoms with Crippen LogP contribution in [-0.2, 0) is 23.9 Å². The molecule has 3 aliphatic rings. The Labute approximate surface area is 145 Å². The molecule has 3 heterocycles. The first kappa shape index (κ1) is 17.8. The second kappa shape index (κ2) is 6.74. The number of hydrogen-bond donors (Lipinski definition) is 2. The predicted molar refractivity (Wildman–Crippen MR) is 85.3 cm³/mol. The van der Waals surface area contributed by atoms with Crippen LogP contribution in [0.3, 0.4) is 0 Å². The molecule has 138 valence electrons. The van der Waals surface area contributed by atoms with E-state index in [1.54, 1.807) is 0 Å². The topological polar surface area (TPSA) is 113 Å². The number of carboxylic acids is 1. The second-order valence-electron chi connectivity index (χ2n) is 7.11. The van der Waals surface area contributed by atoms with Crippen molar-refractivity contribution in [3.8, 4) is 0 Å². The molecular weight excluding hydrogens is 328 g/mol. The van der Waals surface area contributed by atoms with E-state index < -0.39 is 35.8 Å². The summed E-state index contributed by atoms with van der Waals surface area (Å²) in [5.74, 6) is -3.45. The zero-order valence-corrected chi connectivity index (χ0v) is 14.4. The summed E-state index contributed by atoms with van der Waals surface area (Å²) in [7, 11) is 0. The third kappa shape index (κ3) is 2.92. The van der Waals surface area contributed by atoms with Crippen LogP contribution in [0.5, 0.6) is 0 Å². The summed E-state index contributed by atoms with van der Waals surface area (Å²) in [6, 6.07) is -2.03. The van der Waals surface area contributed by atoms with Crippen molar-refractivity contribution >= 4 is 23.7 Å². The SMILES string of the molecule is CCCC[C@H](NC(=O)C(C)N1C(=O)C2C3CCC(O3)C2C1=O)C(=O)O. The molecule has 2 bridgehead atoms. The van der Waals surface area contributed by atoms with Crippen LogP contribution in [0, 0.1) is 11.8 Å². The number of rotatable bonds is 7. The molecule has 3 amide bonds. The van der Waals surface area contributed by atoms with Crippen LogP contribution >= 0.6 is 0 Å². The summed E-state index contributed by atoms with van der Waals surface area (Å²) in [5.41, 5.74) is 0. The molecule has 3 rings (SSSR count). The maximum Gasteiger partial charge on any atom is 0.326 e. The van der Waals surface area contributed by atoms with Crippen LogP contribution in [0.1, 0.15) is 46.0 Å². The predicted octanol–water partition coefficient (Wildman–Crippen LogP) is 0.297. The van der Waals surface area contributed by atoms with Crippen molar-refractivity contribution in [1.29, 1.82) is 0 Å². The third-order valence-electron chi connectivity index (χ3n) is 5.55. The van der Waals surface area contributed by atoms with E-state index in [9.17, 15) is 24.3 Å². The molecule has 0 saturated carbocycles. The van der Waals surface area contributed by atoms with Gasteiger partial charge in [0.25, 0.3) is 0 Å². The van der Waals surface area contributed by atoms with Crippen LogP contribution in [0.15, 0.2) is 0 Å². The van der Waals surface area contributed by atoms with E-state index in [0.29, 0.717) is 12.8 Å². The van der Waals surface area contributed by atoms with Gasteiger partial charge in [0.05, 0.1) is 24.0 Å². The molecule has 2 N–H and O–H groups in total. The highest BCUT2D eigenvalue weighted by Gasteiger charge is 2.63. The highest BCUT2D eigenvalue weighted by Crippen LogP contribution is 2.48. The molecule has 3 saturated heterocycles. The molecule has 0 aliphatic carbocycles. The minimum absolute atomic E-state index is 0.233. The normalized spacial score (nSPS) is 32.6. The number of ether oxygens (including phenoxy) is 1. The Morgan fingerprint density at radius 2 is 1.80 bits per heavy atom. The van der Waals surface area contributed by atoms with E-state index in [4.69, 9.17) is 4.74 Å². The molecule has 0 aromatic heterocycles. The van der Waals surface area contributed by atoms with Gasteiger partial charge < -0.3 is 15.2 Å². The lowest BCUT2D eigenvalue weighted by atomic mass is 9.81. The van der Waals surface area contributed by atoms with Gasteiger partial charge in [-0.15, -0.1) is 0 Å². The lowest BCUT2D eigenvalue weighted by Crippen LogP contribution is -2.52. The highest BCUT2D eigenvalue weighted by molar-refractivity contribution is 6.09. The zero-order valence-electron chi connectivity index (χ0n) is 14.4. The van der Waals surface area contributed by atoms with Crippen LogP contribution < -0.4 is 5.32 Å². The monoisotopic (exact) mass is 352 g/mol. The van der Waals surface area contributed by atoms with Gasteiger partial charge in [0.15, 0.2) is 0 Å². The molecule has 0 spiro atoms. The number of nitrogens with zero attached hydrogens (tertiary/aromatic N) is 1. The molecule has 3 fully saturated rings. The Morgan fingerprint density at radius 1 is 1.24 bits per heavy atom. The lowest BCUT2D eigenvalue weighted by molar-refractivity contribution is -0.150. The summed E-state index contributed by atoms with van der Waals surface area (Å²) in [5, 5.41) is 11.7. The summed E-state index contributed by atoms with van der Waals surface area (Å²) < 4.78 is 5.66. The molecule has 8 nitrogen and oxygen atoms in total. The van der Waals surface area contributed by atoms with Crippen molar-refractivity contribution < 1.29 is 29.0 Å². The number of fused-ring (bicyclic) bond motifs is 5. The highest BCUT2D eigenvalue weighted by atomic mass is 16.5. The summed E-state index contributed by atoms with van der Waals surface area (Å²) in [6.45, 7) is 3.40. The summed E-state index contributed by atoms with van der Waals surface area (Å²) in [6.07, 6.45) is 2.85. The van der Waals surface area contributed by atoms with Crippen LogP contribution in [-0.4, -0.2) is 58.0 Å². The number of nitrogens with one attached hydrogen (secondary N) is 1. The van der Waals surface area contributed by atoms with Gasteiger partial charge in [0, 0.05) is 0 Å². The van der Waals surface area contributed by atoms with Crippen LogP contribution in [0.2, 0.25) is 0 Å². The largest absolute Gasteiger partial charge is 0.480 e. The molecule has 0 radical (unpaired) electrons. The third-order valence-corrected chi connectivity index (χ3v) is 5.55.